The van der Waals surface area contributed by atoms with Gasteiger partial charge in [0, 0.05) is 36.8 Å². The first-order chi connectivity index (χ1) is 12.5. The van der Waals surface area contributed by atoms with Gasteiger partial charge in [0.2, 0.25) is 5.91 Å². The molecule has 1 aliphatic rings. The Balaban J connectivity index is 1.47. The number of hydrogen-bond acceptors (Lipinski definition) is 4. The van der Waals surface area contributed by atoms with Crippen molar-refractivity contribution in [3.05, 3.63) is 57.2 Å². The standard InChI is InChI=1S/C18H18ClN3O3S/c19-14-5-3-13(4-6-14)18(25)22-9-7-21(8-10-22)16(23)12-20-17(24)15-2-1-11-26-15/h1-6,11H,7-10,12H2,(H,20,24). The molecule has 3 rings (SSSR count). The molecular weight excluding hydrogens is 374 g/mol. The van der Waals surface area contributed by atoms with Gasteiger partial charge in [-0.3, -0.25) is 14.4 Å². The Kier molecular flexibility index (Phi) is 5.90. The monoisotopic (exact) mass is 391 g/mol. The van der Waals surface area contributed by atoms with Gasteiger partial charge in [0.15, 0.2) is 0 Å². The van der Waals surface area contributed by atoms with Crippen LogP contribution in [0.1, 0.15) is 20.0 Å². The highest BCUT2D eigenvalue weighted by Gasteiger charge is 2.25. The molecule has 0 saturated carbocycles. The van der Waals surface area contributed by atoms with Crippen LogP contribution in [-0.4, -0.2) is 60.2 Å². The van der Waals surface area contributed by atoms with Gasteiger partial charge in [-0.25, -0.2) is 0 Å². The predicted octanol–water partition coefficient (Wildman–Crippen LogP) is 2.12. The fourth-order valence-electron chi connectivity index (χ4n) is 2.70. The van der Waals surface area contributed by atoms with E-state index in [4.69, 9.17) is 11.6 Å². The number of hydrogen-bond donors (Lipinski definition) is 1. The molecule has 2 aromatic rings. The van der Waals surface area contributed by atoms with Crippen LogP contribution in [0.5, 0.6) is 0 Å². The van der Waals surface area contributed by atoms with Crippen molar-refractivity contribution < 1.29 is 14.4 Å². The lowest BCUT2D eigenvalue weighted by Crippen LogP contribution is -2.52. The van der Waals surface area contributed by atoms with Crippen LogP contribution in [0, 0.1) is 0 Å². The second-order valence-electron chi connectivity index (χ2n) is 5.84. The fourth-order valence-corrected chi connectivity index (χ4v) is 3.46. The molecule has 1 N–H and O–H groups in total. The van der Waals surface area contributed by atoms with Crippen molar-refractivity contribution in [3.8, 4) is 0 Å². The van der Waals surface area contributed by atoms with E-state index in [9.17, 15) is 14.4 Å². The number of benzene rings is 1. The first kappa shape index (κ1) is 18.4. The van der Waals surface area contributed by atoms with E-state index in [2.05, 4.69) is 5.32 Å². The summed E-state index contributed by atoms with van der Waals surface area (Å²) in [6, 6.07) is 10.3. The van der Waals surface area contributed by atoms with Gasteiger partial charge in [0.1, 0.15) is 0 Å². The number of nitrogens with zero attached hydrogens (tertiary/aromatic N) is 2. The lowest BCUT2D eigenvalue weighted by Gasteiger charge is -2.34. The van der Waals surface area contributed by atoms with Crippen molar-refractivity contribution in [2.45, 2.75) is 0 Å². The van der Waals surface area contributed by atoms with Crippen LogP contribution in [0.3, 0.4) is 0 Å². The molecule has 1 fully saturated rings. The predicted molar refractivity (Wildman–Crippen MR) is 101 cm³/mol. The largest absolute Gasteiger partial charge is 0.342 e. The normalized spacial score (nSPS) is 14.2. The highest BCUT2D eigenvalue weighted by molar-refractivity contribution is 7.12. The van der Waals surface area contributed by atoms with Crippen molar-refractivity contribution >= 4 is 40.7 Å². The average molecular weight is 392 g/mol. The van der Waals surface area contributed by atoms with E-state index in [1.54, 1.807) is 46.2 Å². The molecule has 0 unspecified atom stereocenters. The summed E-state index contributed by atoms with van der Waals surface area (Å²) < 4.78 is 0. The summed E-state index contributed by atoms with van der Waals surface area (Å²) in [5.74, 6) is -0.460. The first-order valence-electron chi connectivity index (χ1n) is 8.19. The molecule has 8 heteroatoms. The zero-order chi connectivity index (χ0) is 18.5. The summed E-state index contributed by atoms with van der Waals surface area (Å²) in [6.45, 7) is 1.79. The summed E-state index contributed by atoms with van der Waals surface area (Å²) in [6.07, 6.45) is 0. The number of thiophene rings is 1. The second kappa shape index (κ2) is 8.33. The van der Waals surface area contributed by atoms with Crippen LogP contribution >= 0.6 is 22.9 Å². The molecule has 1 aliphatic heterocycles. The van der Waals surface area contributed by atoms with E-state index < -0.39 is 0 Å². The number of nitrogens with one attached hydrogen (secondary N) is 1. The fraction of sp³-hybridized carbons (Fsp3) is 0.278. The number of carbonyl (C=O) groups excluding carboxylic acids is 3. The Morgan fingerprint density at radius 3 is 2.27 bits per heavy atom. The Labute approximate surface area is 160 Å². The zero-order valence-electron chi connectivity index (χ0n) is 14.0. The Bertz CT molecular complexity index is 785. The summed E-state index contributed by atoms with van der Waals surface area (Å²) in [4.78, 5) is 40.6. The van der Waals surface area contributed by atoms with Crippen molar-refractivity contribution in [3.63, 3.8) is 0 Å². The SMILES string of the molecule is O=C(NCC(=O)N1CCN(C(=O)c2ccc(Cl)cc2)CC1)c1cccs1. The number of carbonyl (C=O) groups is 3. The molecule has 1 aromatic carbocycles. The van der Waals surface area contributed by atoms with Gasteiger partial charge in [-0.05, 0) is 35.7 Å². The lowest BCUT2D eigenvalue weighted by atomic mass is 10.2. The van der Waals surface area contributed by atoms with Crippen molar-refractivity contribution in [1.29, 1.82) is 0 Å². The molecule has 2 heterocycles. The molecule has 1 aromatic heterocycles. The summed E-state index contributed by atoms with van der Waals surface area (Å²) in [5.41, 5.74) is 0.581. The van der Waals surface area contributed by atoms with Gasteiger partial charge in [-0.2, -0.15) is 0 Å². The van der Waals surface area contributed by atoms with Crippen LogP contribution in [0.4, 0.5) is 0 Å². The summed E-state index contributed by atoms with van der Waals surface area (Å²) in [5, 5.41) is 5.03. The lowest BCUT2D eigenvalue weighted by molar-refractivity contribution is -0.131. The number of piperazine rings is 1. The maximum absolute atomic E-state index is 12.5. The van der Waals surface area contributed by atoms with Gasteiger partial charge in [-0.1, -0.05) is 17.7 Å². The average Bonchev–Trinajstić information content (AvgIpc) is 3.21. The van der Waals surface area contributed by atoms with Crippen LogP contribution in [-0.2, 0) is 4.79 Å². The topological polar surface area (TPSA) is 69.7 Å². The Morgan fingerprint density at radius 2 is 1.65 bits per heavy atom. The van der Waals surface area contributed by atoms with E-state index >= 15 is 0 Å². The van der Waals surface area contributed by atoms with Crippen molar-refractivity contribution in [1.82, 2.24) is 15.1 Å². The number of rotatable bonds is 4. The minimum Gasteiger partial charge on any atom is -0.342 e. The van der Waals surface area contributed by atoms with Crippen LogP contribution in [0.25, 0.3) is 0 Å². The van der Waals surface area contributed by atoms with E-state index in [-0.39, 0.29) is 24.3 Å². The minimum atomic E-state index is -0.245. The van der Waals surface area contributed by atoms with Gasteiger partial charge in [0.25, 0.3) is 11.8 Å². The highest BCUT2D eigenvalue weighted by Crippen LogP contribution is 2.13. The Morgan fingerprint density at radius 1 is 1.00 bits per heavy atom. The Hall–Kier alpha value is -2.38. The molecular formula is C18H18ClN3O3S. The maximum Gasteiger partial charge on any atom is 0.261 e. The molecule has 0 spiro atoms. The summed E-state index contributed by atoms with van der Waals surface area (Å²) in [7, 11) is 0. The van der Waals surface area contributed by atoms with Gasteiger partial charge in [0.05, 0.1) is 11.4 Å². The second-order valence-corrected chi connectivity index (χ2v) is 7.22. The van der Waals surface area contributed by atoms with Crippen LogP contribution < -0.4 is 5.32 Å². The first-order valence-corrected chi connectivity index (χ1v) is 9.44. The number of halogens is 1. The molecule has 0 bridgehead atoms. The van der Waals surface area contributed by atoms with E-state index in [0.717, 1.165) is 0 Å². The third-order valence-electron chi connectivity index (χ3n) is 4.16. The molecule has 26 heavy (non-hydrogen) atoms. The highest BCUT2D eigenvalue weighted by atomic mass is 35.5. The van der Waals surface area contributed by atoms with Crippen molar-refractivity contribution in [2.24, 2.45) is 0 Å². The van der Waals surface area contributed by atoms with Gasteiger partial charge >= 0.3 is 0 Å². The maximum atomic E-state index is 12.5. The number of amides is 3. The smallest absolute Gasteiger partial charge is 0.261 e. The quantitative estimate of drug-likeness (QED) is 0.867. The van der Waals surface area contributed by atoms with E-state index in [1.165, 1.54) is 11.3 Å². The molecule has 0 atom stereocenters. The molecule has 136 valence electrons. The van der Waals surface area contributed by atoms with Crippen molar-refractivity contribution in [2.75, 3.05) is 32.7 Å². The van der Waals surface area contributed by atoms with Gasteiger partial charge < -0.3 is 15.1 Å². The molecule has 0 aliphatic carbocycles. The molecule has 1 saturated heterocycles. The molecule has 6 nitrogen and oxygen atoms in total. The molecule has 0 radical (unpaired) electrons. The van der Waals surface area contributed by atoms with Gasteiger partial charge in [-0.15, -0.1) is 11.3 Å². The zero-order valence-corrected chi connectivity index (χ0v) is 15.6. The molecule has 3 amide bonds. The van der Waals surface area contributed by atoms with E-state index in [1.807, 2.05) is 5.38 Å². The third-order valence-corrected chi connectivity index (χ3v) is 5.28. The third kappa shape index (κ3) is 4.42. The van der Waals surface area contributed by atoms with Crippen LogP contribution in [0.15, 0.2) is 41.8 Å². The minimum absolute atomic E-state index is 0.0398. The van der Waals surface area contributed by atoms with Crippen LogP contribution in [0.2, 0.25) is 5.02 Å². The van der Waals surface area contributed by atoms with E-state index in [0.29, 0.717) is 41.6 Å². The summed E-state index contributed by atoms with van der Waals surface area (Å²) >= 11 is 7.17.